The molecule has 1 saturated heterocycles. The Kier molecular flexibility index (Phi) is 1.77. The summed E-state index contributed by atoms with van der Waals surface area (Å²) in [5.41, 5.74) is 0.240. The van der Waals surface area contributed by atoms with Crippen LogP contribution in [0, 0.1) is 23.2 Å². The van der Waals surface area contributed by atoms with Crippen molar-refractivity contribution >= 4 is 5.90 Å². The molecule has 0 amide bonds. The normalized spacial score (nSPS) is 56.3. The maximum atomic E-state index is 6.10. The Morgan fingerprint density at radius 2 is 1.74 bits per heavy atom. The van der Waals surface area contributed by atoms with E-state index >= 15 is 0 Å². The molecule has 0 aromatic carbocycles. The van der Waals surface area contributed by atoms with E-state index in [1.165, 1.54) is 32.1 Å². The van der Waals surface area contributed by atoms with Crippen molar-refractivity contribution in [3.05, 3.63) is 0 Å². The molecule has 0 N–H and O–H groups in total. The van der Waals surface area contributed by atoms with Crippen LogP contribution in [-0.2, 0) is 9.47 Å². The van der Waals surface area contributed by atoms with Gasteiger partial charge in [-0.3, -0.25) is 0 Å². The van der Waals surface area contributed by atoms with Crippen molar-refractivity contribution < 1.29 is 9.47 Å². The summed E-state index contributed by atoms with van der Waals surface area (Å²) in [5, 5.41) is 0. The summed E-state index contributed by atoms with van der Waals surface area (Å²) in [5.74, 6) is 3.66. The van der Waals surface area contributed by atoms with Crippen LogP contribution >= 0.6 is 0 Å². The maximum Gasteiger partial charge on any atom is 0.193 e. The van der Waals surface area contributed by atoms with Crippen molar-refractivity contribution in [2.24, 2.45) is 28.2 Å². The van der Waals surface area contributed by atoms with Gasteiger partial charge in [0.25, 0.3) is 0 Å². The molecule has 6 rings (SSSR count). The first kappa shape index (κ1) is 11.1. The highest BCUT2D eigenvalue weighted by atomic mass is 16.6. The summed E-state index contributed by atoms with van der Waals surface area (Å²) >= 11 is 0. The van der Waals surface area contributed by atoms with Crippen molar-refractivity contribution in [2.45, 2.75) is 57.1 Å². The molecule has 0 aromatic heterocycles. The molecule has 3 nitrogen and oxygen atoms in total. The van der Waals surface area contributed by atoms with E-state index in [1.807, 2.05) is 0 Å². The summed E-state index contributed by atoms with van der Waals surface area (Å²) in [7, 11) is 0. The molecular formula is C16H23NO2. The van der Waals surface area contributed by atoms with Gasteiger partial charge in [-0.15, -0.1) is 0 Å². The second kappa shape index (κ2) is 3.03. The predicted octanol–water partition coefficient (Wildman–Crippen LogP) is 2.79. The van der Waals surface area contributed by atoms with Gasteiger partial charge in [0.1, 0.15) is 12.2 Å². The molecule has 0 aromatic rings. The van der Waals surface area contributed by atoms with Gasteiger partial charge in [-0.2, -0.15) is 0 Å². The van der Waals surface area contributed by atoms with Crippen LogP contribution in [0.1, 0.15) is 46.0 Å². The smallest absolute Gasteiger partial charge is 0.193 e. The van der Waals surface area contributed by atoms with E-state index in [9.17, 15) is 0 Å². The lowest BCUT2D eigenvalue weighted by Gasteiger charge is -2.59. The Labute approximate surface area is 114 Å². The number of epoxide rings is 1. The van der Waals surface area contributed by atoms with Gasteiger partial charge in [0.15, 0.2) is 5.90 Å². The topological polar surface area (TPSA) is 34.1 Å². The van der Waals surface area contributed by atoms with Gasteiger partial charge in [-0.05, 0) is 63.7 Å². The van der Waals surface area contributed by atoms with E-state index in [0.29, 0.717) is 0 Å². The van der Waals surface area contributed by atoms with Crippen molar-refractivity contribution in [1.82, 2.24) is 0 Å². The summed E-state index contributed by atoms with van der Waals surface area (Å²) < 4.78 is 12.2. The van der Waals surface area contributed by atoms with Gasteiger partial charge in [0.2, 0.25) is 0 Å². The molecule has 4 aliphatic carbocycles. The zero-order chi connectivity index (χ0) is 12.9. The predicted molar refractivity (Wildman–Crippen MR) is 72.1 cm³/mol. The number of rotatable bonds is 1. The molecule has 2 aliphatic heterocycles. The fraction of sp³-hybridized carbons (Fsp3) is 0.938. The zero-order valence-electron chi connectivity index (χ0n) is 11.9. The summed E-state index contributed by atoms with van der Waals surface area (Å²) in [4.78, 5) is 4.96. The molecule has 104 valence electrons. The van der Waals surface area contributed by atoms with Gasteiger partial charge in [0, 0.05) is 0 Å². The van der Waals surface area contributed by atoms with E-state index in [4.69, 9.17) is 14.5 Å². The molecule has 6 aliphatic rings. The third-order valence-electron chi connectivity index (χ3n) is 6.48. The second-order valence-electron chi connectivity index (χ2n) is 8.32. The lowest BCUT2D eigenvalue weighted by molar-refractivity contribution is -0.0950. The average Bonchev–Trinajstić information content (AvgIpc) is 3.05. The third kappa shape index (κ3) is 1.22. The third-order valence-corrected chi connectivity index (χ3v) is 6.48. The lowest BCUT2D eigenvalue weighted by Crippen LogP contribution is -2.61. The van der Waals surface area contributed by atoms with E-state index in [2.05, 4.69) is 13.8 Å². The standard InChI is InChI=1S/C16H23NO2/c1-14(2)8-18-13(17-14)15-6-10-3-11(7-15)5-12(4-10)16(15)9-19-16/h10-12H,3-9H2,1-2H3/t10-,11+,12?,15?,16?. The Balaban J connectivity index is 1.63. The molecular weight excluding hydrogens is 238 g/mol. The maximum absolute atomic E-state index is 6.10. The van der Waals surface area contributed by atoms with Crippen LogP contribution in [0.15, 0.2) is 4.99 Å². The van der Waals surface area contributed by atoms with Crippen molar-refractivity contribution in [3.63, 3.8) is 0 Å². The van der Waals surface area contributed by atoms with Crippen LogP contribution in [0.2, 0.25) is 0 Å². The summed E-state index contributed by atoms with van der Waals surface area (Å²) in [6, 6.07) is 0. The molecule has 0 radical (unpaired) electrons. The highest BCUT2D eigenvalue weighted by molar-refractivity contribution is 5.87. The lowest BCUT2D eigenvalue weighted by atomic mass is 9.44. The number of nitrogens with zero attached hydrogens (tertiary/aromatic N) is 1. The number of hydrogen-bond acceptors (Lipinski definition) is 3. The second-order valence-corrected chi connectivity index (χ2v) is 8.32. The largest absolute Gasteiger partial charge is 0.478 e. The number of ether oxygens (including phenoxy) is 2. The SMILES string of the molecule is CC1(C)COC(C23C[C@@H]4CC(C[C@@H](C4)C2)C32CO2)=N1. The summed E-state index contributed by atoms with van der Waals surface area (Å²) in [6.07, 6.45) is 6.79. The van der Waals surface area contributed by atoms with E-state index in [1.54, 1.807) is 0 Å². The molecule has 3 unspecified atom stereocenters. The quantitative estimate of drug-likeness (QED) is 0.680. The van der Waals surface area contributed by atoms with E-state index in [-0.39, 0.29) is 16.6 Å². The van der Waals surface area contributed by atoms with Gasteiger partial charge >= 0.3 is 0 Å². The Morgan fingerprint density at radius 1 is 1.05 bits per heavy atom. The minimum atomic E-state index is -0.0330. The molecule has 5 atom stereocenters. The first-order chi connectivity index (χ1) is 9.03. The highest BCUT2D eigenvalue weighted by Crippen LogP contribution is 2.70. The monoisotopic (exact) mass is 261 g/mol. The van der Waals surface area contributed by atoms with Crippen molar-refractivity contribution in [2.75, 3.05) is 13.2 Å². The van der Waals surface area contributed by atoms with Crippen LogP contribution in [0.4, 0.5) is 0 Å². The van der Waals surface area contributed by atoms with Crippen molar-refractivity contribution in [3.8, 4) is 0 Å². The Morgan fingerprint density at radius 3 is 2.26 bits per heavy atom. The zero-order valence-corrected chi connectivity index (χ0v) is 11.9. The minimum absolute atomic E-state index is 0.0330. The Bertz CT molecular complexity index is 463. The van der Waals surface area contributed by atoms with Crippen LogP contribution < -0.4 is 0 Å². The fourth-order valence-corrected chi connectivity index (χ4v) is 5.86. The highest BCUT2D eigenvalue weighted by Gasteiger charge is 2.75. The first-order valence-corrected chi connectivity index (χ1v) is 7.90. The van der Waals surface area contributed by atoms with Gasteiger partial charge < -0.3 is 9.47 Å². The molecule has 19 heavy (non-hydrogen) atoms. The molecule has 1 spiro atoms. The molecule has 2 heterocycles. The molecule has 4 bridgehead atoms. The van der Waals surface area contributed by atoms with Crippen molar-refractivity contribution in [1.29, 1.82) is 0 Å². The molecule has 4 saturated carbocycles. The number of aliphatic imine (C=N–C) groups is 1. The summed E-state index contributed by atoms with van der Waals surface area (Å²) in [6.45, 7) is 6.07. The molecule has 3 heteroatoms. The Hall–Kier alpha value is -0.570. The van der Waals surface area contributed by atoms with Gasteiger partial charge in [-0.1, -0.05) is 0 Å². The van der Waals surface area contributed by atoms with Gasteiger partial charge in [0.05, 0.1) is 17.6 Å². The first-order valence-electron chi connectivity index (χ1n) is 7.90. The average molecular weight is 261 g/mol. The molecule has 5 fully saturated rings. The van der Waals surface area contributed by atoms with E-state index < -0.39 is 0 Å². The van der Waals surface area contributed by atoms with Gasteiger partial charge in [-0.25, -0.2) is 4.99 Å². The minimum Gasteiger partial charge on any atom is -0.478 e. The van der Waals surface area contributed by atoms with Crippen LogP contribution in [0.25, 0.3) is 0 Å². The van der Waals surface area contributed by atoms with Crippen LogP contribution in [-0.4, -0.2) is 30.3 Å². The van der Waals surface area contributed by atoms with Crippen LogP contribution in [0.5, 0.6) is 0 Å². The number of hydrogen-bond donors (Lipinski definition) is 0. The fourth-order valence-electron chi connectivity index (χ4n) is 5.86. The van der Waals surface area contributed by atoms with Crippen LogP contribution in [0.3, 0.4) is 0 Å². The van der Waals surface area contributed by atoms with E-state index in [0.717, 1.165) is 36.9 Å².